The highest BCUT2D eigenvalue weighted by Crippen LogP contribution is 2.32. The van der Waals surface area contributed by atoms with Crippen LogP contribution in [0, 0.1) is 22.7 Å². The maximum absolute atomic E-state index is 8.81. The van der Waals surface area contributed by atoms with Gasteiger partial charge in [-0.05, 0) is 18.6 Å². The summed E-state index contributed by atoms with van der Waals surface area (Å²) in [5, 5.41) is 17.6. The van der Waals surface area contributed by atoms with Gasteiger partial charge in [-0.25, -0.2) is 0 Å². The van der Waals surface area contributed by atoms with Crippen LogP contribution in [-0.2, 0) is 0 Å². The quantitative estimate of drug-likeness (QED) is 0.578. The molecule has 0 unspecified atom stereocenters. The number of hydrogen-bond acceptors (Lipinski definition) is 4. The van der Waals surface area contributed by atoms with Crippen molar-refractivity contribution in [2.75, 3.05) is 13.7 Å². The Bertz CT molecular complexity index is 520. The maximum atomic E-state index is 8.81. The topological polar surface area (TPSA) is 66.0 Å². The summed E-state index contributed by atoms with van der Waals surface area (Å²) in [6.45, 7) is 2.65. The zero-order valence-electron chi connectivity index (χ0n) is 11.1. The molecule has 1 aromatic rings. The first-order valence-electron chi connectivity index (χ1n) is 6.08. The number of para-hydroxylation sites is 1. The van der Waals surface area contributed by atoms with Crippen LogP contribution in [0.25, 0.3) is 6.08 Å². The fraction of sp³-hybridized carbons (Fsp3) is 0.333. The predicted octanol–water partition coefficient (Wildman–Crippen LogP) is 3.30. The molecule has 0 saturated heterocycles. The fourth-order valence-corrected chi connectivity index (χ4v) is 1.53. The summed E-state index contributed by atoms with van der Waals surface area (Å²) in [4.78, 5) is 0. The SMILES string of the molecule is CCCCOc1c(C=C(C#N)C#N)cccc1OC. The van der Waals surface area contributed by atoms with Crippen molar-refractivity contribution >= 4 is 6.08 Å². The van der Waals surface area contributed by atoms with Gasteiger partial charge in [-0.1, -0.05) is 25.5 Å². The van der Waals surface area contributed by atoms with Gasteiger partial charge in [-0.2, -0.15) is 10.5 Å². The van der Waals surface area contributed by atoms with Gasteiger partial charge in [0.15, 0.2) is 11.5 Å². The van der Waals surface area contributed by atoms with Crippen molar-refractivity contribution in [3.8, 4) is 23.6 Å². The zero-order chi connectivity index (χ0) is 14.1. The molecule has 0 amide bonds. The highest BCUT2D eigenvalue weighted by atomic mass is 16.5. The highest BCUT2D eigenvalue weighted by Gasteiger charge is 2.09. The molecule has 0 aromatic heterocycles. The number of benzene rings is 1. The van der Waals surface area contributed by atoms with E-state index in [4.69, 9.17) is 20.0 Å². The molecule has 0 bridgehead atoms. The lowest BCUT2D eigenvalue weighted by Gasteiger charge is -2.13. The van der Waals surface area contributed by atoms with Gasteiger partial charge in [0.05, 0.1) is 13.7 Å². The van der Waals surface area contributed by atoms with Gasteiger partial charge in [-0.3, -0.25) is 0 Å². The Hall–Kier alpha value is -2.46. The highest BCUT2D eigenvalue weighted by molar-refractivity contribution is 5.68. The van der Waals surface area contributed by atoms with Crippen LogP contribution >= 0.6 is 0 Å². The number of unbranched alkanes of at least 4 members (excludes halogenated alkanes) is 1. The number of nitrogens with zero attached hydrogens (tertiary/aromatic N) is 2. The number of nitriles is 2. The van der Waals surface area contributed by atoms with Gasteiger partial charge < -0.3 is 9.47 Å². The van der Waals surface area contributed by atoms with E-state index >= 15 is 0 Å². The smallest absolute Gasteiger partial charge is 0.168 e. The summed E-state index contributed by atoms with van der Waals surface area (Å²) in [5.74, 6) is 1.17. The first-order chi connectivity index (χ1) is 9.26. The third-order valence-electron chi connectivity index (χ3n) is 2.51. The van der Waals surface area contributed by atoms with Crippen LogP contribution in [0.1, 0.15) is 25.3 Å². The number of ether oxygens (including phenoxy) is 2. The number of methoxy groups -OCH3 is 1. The normalized spacial score (nSPS) is 9.05. The Labute approximate surface area is 113 Å². The van der Waals surface area contributed by atoms with Crippen molar-refractivity contribution in [1.29, 1.82) is 10.5 Å². The van der Waals surface area contributed by atoms with Crippen molar-refractivity contribution < 1.29 is 9.47 Å². The van der Waals surface area contributed by atoms with E-state index < -0.39 is 0 Å². The van der Waals surface area contributed by atoms with Crippen LogP contribution in [0.3, 0.4) is 0 Å². The van der Waals surface area contributed by atoms with Crippen LogP contribution in [0.5, 0.6) is 11.5 Å². The molecule has 0 saturated carbocycles. The predicted molar refractivity (Wildman–Crippen MR) is 72.6 cm³/mol. The molecule has 1 aromatic carbocycles. The standard InChI is InChI=1S/C15H16N2O2/c1-3-4-8-19-15-13(9-12(10-16)11-17)6-5-7-14(15)18-2/h5-7,9H,3-4,8H2,1-2H3. The van der Waals surface area contributed by atoms with E-state index in [1.807, 2.05) is 12.1 Å². The molecule has 19 heavy (non-hydrogen) atoms. The molecule has 0 heterocycles. The Morgan fingerprint density at radius 1 is 1.32 bits per heavy atom. The second-order valence-corrected chi connectivity index (χ2v) is 3.86. The van der Waals surface area contributed by atoms with E-state index in [1.165, 1.54) is 6.08 Å². The Balaban J connectivity index is 3.13. The zero-order valence-corrected chi connectivity index (χ0v) is 11.1. The Morgan fingerprint density at radius 3 is 2.63 bits per heavy atom. The number of rotatable bonds is 6. The first kappa shape index (κ1) is 14.6. The number of allylic oxidation sites excluding steroid dienone is 1. The lowest BCUT2D eigenvalue weighted by Crippen LogP contribution is -2.00. The summed E-state index contributed by atoms with van der Waals surface area (Å²) < 4.78 is 10.9. The average molecular weight is 256 g/mol. The molecule has 0 aliphatic rings. The van der Waals surface area contributed by atoms with Crippen LogP contribution in [0.15, 0.2) is 23.8 Å². The monoisotopic (exact) mass is 256 g/mol. The molecule has 0 N–H and O–H groups in total. The molecular weight excluding hydrogens is 240 g/mol. The van der Waals surface area contributed by atoms with Crippen molar-refractivity contribution in [2.45, 2.75) is 19.8 Å². The summed E-state index contributed by atoms with van der Waals surface area (Å²) in [6.07, 6.45) is 3.47. The van der Waals surface area contributed by atoms with Crippen molar-refractivity contribution in [2.24, 2.45) is 0 Å². The molecule has 4 heteroatoms. The van der Waals surface area contributed by atoms with E-state index in [0.29, 0.717) is 23.7 Å². The molecule has 1 rings (SSSR count). The maximum Gasteiger partial charge on any atom is 0.168 e. The Kier molecular flexibility index (Phi) is 5.98. The summed E-state index contributed by atoms with van der Waals surface area (Å²) in [5.41, 5.74) is 0.710. The summed E-state index contributed by atoms with van der Waals surface area (Å²) in [7, 11) is 1.56. The lowest BCUT2D eigenvalue weighted by atomic mass is 10.1. The third-order valence-corrected chi connectivity index (χ3v) is 2.51. The van der Waals surface area contributed by atoms with E-state index in [9.17, 15) is 0 Å². The van der Waals surface area contributed by atoms with Crippen LogP contribution in [0.2, 0.25) is 0 Å². The summed E-state index contributed by atoms with van der Waals surface area (Å²) >= 11 is 0. The molecule has 98 valence electrons. The van der Waals surface area contributed by atoms with Gasteiger partial charge in [0.2, 0.25) is 0 Å². The molecule has 4 nitrogen and oxygen atoms in total. The fourth-order valence-electron chi connectivity index (χ4n) is 1.53. The van der Waals surface area contributed by atoms with Gasteiger partial charge >= 0.3 is 0 Å². The van der Waals surface area contributed by atoms with Crippen molar-refractivity contribution in [3.05, 3.63) is 29.3 Å². The molecule has 0 atom stereocenters. The Morgan fingerprint density at radius 2 is 2.05 bits per heavy atom. The average Bonchev–Trinajstić information content (AvgIpc) is 2.45. The van der Waals surface area contributed by atoms with Crippen molar-refractivity contribution in [3.63, 3.8) is 0 Å². The van der Waals surface area contributed by atoms with E-state index in [1.54, 1.807) is 25.3 Å². The minimum atomic E-state index is 0.0357. The first-order valence-corrected chi connectivity index (χ1v) is 6.08. The van der Waals surface area contributed by atoms with Crippen LogP contribution in [-0.4, -0.2) is 13.7 Å². The minimum absolute atomic E-state index is 0.0357. The van der Waals surface area contributed by atoms with Gasteiger partial charge in [0.1, 0.15) is 17.7 Å². The van der Waals surface area contributed by atoms with E-state index in [-0.39, 0.29) is 5.57 Å². The van der Waals surface area contributed by atoms with Crippen LogP contribution in [0.4, 0.5) is 0 Å². The molecular formula is C15H16N2O2. The molecule has 0 aliphatic heterocycles. The second-order valence-electron chi connectivity index (χ2n) is 3.86. The largest absolute Gasteiger partial charge is 0.493 e. The molecule has 0 radical (unpaired) electrons. The van der Waals surface area contributed by atoms with E-state index in [0.717, 1.165) is 12.8 Å². The van der Waals surface area contributed by atoms with Gasteiger partial charge in [-0.15, -0.1) is 0 Å². The molecule has 0 fully saturated rings. The molecule has 0 aliphatic carbocycles. The minimum Gasteiger partial charge on any atom is -0.493 e. The van der Waals surface area contributed by atoms with Gasteiger partial charge in [0, 0.05) is 5.56 Å². The van der Waals surface area contributed by atoms with Crippen molar-refractivity contribution in [1.82, 2.24) is 0 Å². The third kappa shape index (κ3) is 4.04. The number of hydrogen-bond donors (Lipinski definition) is 0. The second kappa shape index (κ2) is 7.79. The lowest BCUT2D eigenvalue weighted by molar-refractivity contribution is 0.287. The summed E-state index contributed by atoms with van der Waals surface area (Å²) in [6, 6.07) is 9.05. The molecule has 0 spiro atoms. The van der Waals surface area contributed by atoms with Crippen LogP contribution < -0.4 is 9.47 Å². The van der Waals surface area contributed by atoms with Gasteiger partial charge in [0.25, 0.3) is 0 Å². The van der Waals surface area contributed by atoms with E-state index in [2.05, 4.69) is 6.92 Å².